The maximum atomic E-state index is 8.85. The molecule has 212 valence electrons. The highest BCUT2D eigenvalue weighted by molar-refractivity contribution is 9.12. The van der Waals surface area contributed by atoms with E-state index in [0.29, 0.717) is 5.54 Å². The Balaban J connectivity index is 0.000000743. The standard InChI is InChI=1S/C18H28BrN3.C13H19N.C2H6/c1-5-7-10-21-14(3)17(16(19)6-2)15(4)22-12-11-20-13-18(22)8-9-18;1-4-6-7-9-13(11-14)10-12(3)8-5-2;1-2/h6-7,10,20H,5,8-9,11-13H2,1-4H3;6-7,9-10H,4-5,8H2,1-3H3;1-2H3/b10-7+,16-6+,17-15-,21-14+;7-6+,12-10+,13-9+;. The molecule has 5 heteroatoms. The summed E-state index contributed by atoms with van der Waals surface area (Å²) in [5.41, 5.74) is 6.01. The van der Waals surface area contributed by atoms with Crippen molar-refractivity contribution in [3.05, 3.63) is 69.6 Å². The van der Waals surface area contributed by atoms with Gasteiger partial charge in [-0.25, -0.2) is 0 Å². The predicted molar refractivity (Wildman–Crippen MR) is 173 cm³/mol. The smallest absolute Gasteiger partial charge is 0.0991 e. The van der Waals surface area contributed by atoms with Crippen LogP contribution in [0.5, 0.6) is 0 Å². The number of nitrogens with one attached hydrogen (secondary N) is 1. The van der Waals surface area contributed by atoms with Crippen LogP contribution in [0.15, 0.2) is 74.5 Å². The summed E-state index contributed by atoms with van der Waals surface area (Å²) in [6, 6.07) is 2.18. The molecule has 0 amide bonds. The molecule has 1 aliphatic carbocycles. The van der Waals surface area contributed by atoms with Gasteiger partial charge in [0.2, 0.25) is 0 Å². The zero-order valence-corrected chi connectivity index (χ0v) is 27.2. The fourth-order valence-corrected chi connectivity index (χ4v) is 4.91. The van der Waals surface area contributed by atoms with Gasteiger partial charge in [0.1, 0.15) is 0 Å². The van der Waals surface area contributed by atoms with Crippen molar-refractivity contribution in [3.63, 3.8) is 0 Å². The second kappa shape index (κ2) is 20.8. The summed E-state index contributed by atoms with van der Waals surface area (Å²) >= 11 is 3.73. The van der Waals surface area contributed by atoms with Crippen molar-refractivity contribution in [2.75, 3.05) is 19.6 Å². The van der Waals surface area contributed by atoms with Crippen LogP contribution in [0, 0.1) is 11.3 Å². The van der Waals surface area contributed by atoms with Gasteiger partial charge in [-0.3, -0.25) is 4.99 Å². The monoisotopic (exact) mass is 584 g/mol. The SMILES string of the molecule is CC.CC/C=C/C=C(C#N)\C=C(/C)CCC.C\C=C(Br)/C(=C(/C)N1CCNCC12CC2)C(/C)=N/C=C/CC. The van der Waals surface area contributed by atoms with E-state index in [0.717, 1.165) is 61.1 Å². The summed E-state index contributed by atoms with van der Waals surface area (Å²) in [6.45, 7) is 22.1. The van der Waals surface area contributed by atoms with Gasteiger partial charge >= 0.3 is 0 Å². The summed E-state index contributed by atoms with van der Waals surface area (Å²) in [5.74, 6) is 0. The average molecular weight is 586 g/mol. The first-order valence-corrected chi connectivity index (χ1v) is 15.2. The lowest BCUT2D eigenvalue weighted by Crippen LogP contribution is -2.52. The number of piperazine rings is 1. The van der Waals surface area contributed by atoms with Gasteiger partial charge in [0, 0.05) is 47.3 Å². The van der Waals surface area contributed by atoms with Crippen molar-refractivity contribution in [1.82, 2.24) is 10.2 Å². The predicted octanol–water partition coefficient (Wildman–Crippen LogP) is 9.56. The minimum absolute atomic E-state index is 0.355. The highest BCUT2D eigenvalue weighted by Crippen LogP contribution is 2.45. The molecule has 0 unspecified atom stereocenters. The van der Waals surface area contributed by atoms with Crippen LogP contribution in [-0.2, 0) is 0 Å². The van der Waals surface area contributed by atoms with E-state index < -0.39 is 0 Å². The van der Waals surface area contributed by atoms with Gasteiger partial charge in [0.05, 0.1) is 17.2 Å². The summed E-state index contributed by atoms with van der Waals surface area (Å²) in [4.78, 5) is 7.24. The van der Waals surface area contributed by atoms with E-state index in [-0.39, 0.29) is 0 Å². The maximum absolute atomic E-state index is 8.85. The molecule has 1 heterocycles. The largest absolute Gasteiger partial charge is 0.366 e. The molecule has 2 aliphatic rings. The van der Waals surface area contributed by atoms with Crippen LogP contribution in [-0.4, -0.2) is 35.8 Å². The molecule has 0 radical (unpaired) electrons. The van der Waals surface area contributed by atoms with Crippen LogP contribution < -0.4 is 5.32 Å². The third-order valence-electron chi connectivity index (χ3n) is 6.42. The number of nitrogens with zero attached hydrogens (tertiary/aromatic N) is 3. The number of hydrogen-bond acceptors (Lipinski definition) is 4. The topological polar surface area (TPSA) is 51.4 Å². The summed E-state index contributed by atoms with van der Waals surface area (Å²) in [5, 5.41) is 12.4. The lowest BCUT2D eigenvalue weighted by Gasteiger charge is -2.40. The van der Waals surface area contributed by atoms with Gasteiger partial charge in [-0.05, 0) is 72.0 Å². The van der Waals surface area contributed by atoms with Crippen LogP contribution in [0.1, 0.15) is 101 Å². The lowest BCUT2D eigenvalue weighted by molar-refractivity contribution is 0.189. The molecule has 0 bridgehead atoms. The van der Waals surface area contributed by atoms with Crippen molar-refractivity contribution >= 4 is 21.6 Å². The van der Waals surface area contributed by atoms with E-state index in [1.807, 2.05) is 44.4 Å². The highest BCUT2D eigenvalue weighted by Gasteiger charge is 2.49. The van der Waals surface area contributed by atoms with E-state index in [1.165, 1.54) is 29.7 Å². The molecular formula is C33H53BrN4. The van der Waals surface area contributed by atoms with Gasteiger partial charge < -0.3 is 10.2 Å². The first-order chi connectivity index (χ1) is 18.3. The van der Waals surface area contributed by atoms with E-state index in [1.54, 1.807) is 0 Å². The molecule has 1 aliphatic heterocycles. The molecule has 1 spiro atoms. The fraction of sp³-hybridized carbons (Fsp3) is 0.576. The third kappa shape index (κ3) is 12.6. The minimum atomic E-state index is 0.355. The van der Waals surface area contributed by atoms with Crippen molar-refractivity contribution < 1.29 is 0 Å². The van der Waals surface area contributed by atoms with Crippen LogP contribution in [0.3, 0.4) is 0 Å². The average Bonchev–Trinajstić information content (AvgIpc) is 3.69. The summed E-state index contributed by atoms with van der Waals surface area (Å²) in [6.07, 6.45) is 20.7. The summed E-state index contributed by atoms with van der Waals surface area (Å²) < 4.78 is 1.13. The molecule has 0 atom stereocenters. The molecule has 4 nitrogen and oxygen atoms in total. The molecule has 0 aromatic carbocycles. The second-order valence-corrected chi connectivity index (χ2v) is 10.3. The molecule has 1 saturated carbocycles. The third-order valence-corrected chi connectivity index (χ3v) is 7.27. The van der Waals surface area contributed by atoms with E-state index >= 15 is 0 Å². The maximum Gasteiger partial charge on any atom is 0.0991 e. The number of rotatable bonds is 10. The second-order valence-electron chi connectivity index (χ2n) is 9.47. The zero-order valence-electron chi connectivity index (χ0n) is 25.6. The van der Waals surface area contributed by atoms with Crippen LogP contribution in [0.2, 0.25) is 0 Å². The minimum Gasteiger partial charge on any atom is -0.366 e. The Morgan fingerprint density at radius 3 is 2.29 bits per heavy atom. The number of aliphatic imine (C=N–C) groups is 1. The molecule has 0 aromatic heterocycles. The van der Waals surface area contributed by atoms with Crippen molar-refractivity contribution in [3.8, 4) is 6.07 Å². The van der Waals surface area contributed by atoms with E-state index in [4.69, 9.17) is 5.26 Å². The Morgan fingerprint density at radius 2 is 1.76 bits per heavy atom. The molecule has 0 aromatic rings. The van der Waals surface area contributed by atoms with Gasteiger partial charge in [-0.15, -0.1) is 0 Å². The number of allylic oxidation sites excluding steroid dienone is 11. The molecule has 1 N–H and O–H groups in total. The molecular weight excluding hydrogens is 532 g/mol. The van der Waals surface area contributed by atoms with Crippen LogP contribution in [0.25, 0.3) is 0 Å². The molecule has 2 rings (SSSR count). The van der Waals surface area contributed by atoms with Crippen molar-refractivity contribution in [1.29, 1.82) is 5.26 Å². The lowest BCUT2D eigenvalue weighted by atomic mass is 10.0. The Hall–Kier alpha value is -2.16. The first kappa shape index (κ1) is 35.8. The normalized spacial score (nSPS) is 18.5. The zero-order chi connectivity index (χ0) is 29.0. The van der Waals surface area contributed by atoms with Crippen LogP contribution in [0.4, 0.5) is 0 Å². The Labute approximate surface area is 243 Å². The Morgan fingerprint density at radius 1 is 1.11 bits per heavy atom. The van der Waals surface area contributed by atoms with Gasteiger partial charge in [0.25, 0.3) is 0 Å². The summed E-state index contributed by atoms with van der Waals surface area (Å²) in [7, 11) is 0. The van der Waals surface area contributed by atoms with E-state index in [2.05, 4.69) is 97.8 Å². The first-order valence-electron chi connectivity index (χ1n) is 14.4. The van der Waals surface area contributed by atoms with Gasteiger partial charge in [-0.1, -0.05) is 86.8 Å². The van der Waals surface area contributed by atoms with E-state index in [9.17, 15) is 0 Å². The Bertz CT molecular complexity index is 950. The Kier molecular flexibility index (Phi) is 19.6. The number of nitriles is 1. The van der Waals surface area contributed by atoms with Crippen molar-refractivity contribution in [2.24, 2.45) is 4.99 Å². The molecule has 2 fully saturated rings. The van der Waals surface area contributed by atoms with Crippen molar-refractivity contribution in [2.45, 2.75) is 106 Å². The van der Waals surface area contributed by atoms with Gasteiger partial charge in [0.15, 0.2) is 0 Å². The fourth-order valence-electron chi connectivity index (χ4n) is 4.34. The molecule has 1 saturated heterocycles. The highest BCUT2D eigenvalue weighted by atomic mass is 79.9. The van der Waals surface area contributed by atoms with Crippen LogP contribution >= 0.6 is 15.9 Å². The molecule has 38 heavy (non-hydrogen) atoms. The number of hydrogen-bond donors (Lipinski definition) is 1. The number of halogens is 1. The van der Waals surface area contributed by atoms with Gasteiger partial charge in [-0.2, -0.15) is 5.26 Å². The quantitative estimate of drug-likeness (QED) is 0.158.